The molecule has 1 amide bonds. The number of hydrogen-bond donors (Lipinski definition) is 1. The van der Waals surface area contributed by atoms with Gasteiger partial charge in [0.05, 0.1) is 12.7 Å². The minimum atomic E-state index is -4.48. The summed E-state index contributed by atoms with van der Waals surface area (Å²) in [5.41, 5.74) is -0.801. The van der Waals surface area contributed by atoms with Gasteiger partial charge in [0.15, 0.2) is 0 Å². The Balaban J connectivity index is 2.26. The summed E-state index contributed by atoms with van der Waals surface area (Å²) >= 11 is 6.10. The molecule has 2 aromatic carbocycles. The Labute approximate surface area is 147 Å². The van der Waals surface area contributed by atoms with E-state index in [2.05, 4.69) is 5.32 Å². The molecule has 0 saturated carbocycles. The largest absolute Gasteiger partial charge is 0.496 e. The number of alkyl halides is 3. The normalized spacial score (nSPS) is 19.5. The second-order valence-corrected chi connectivity index (χ2v) is 6.25. The molecule has 7 heteroatoms. The molecule has 1 N–H and O–H groups in total. The highest BCUT2D eigenvalue weighted by Crippen LogP contribution is 2.49. The van der Waals surface area contributed by atoms with E-state index in [1.54, 1.807) is 25.1 Å². The summed E-state index contributed by atoms with van der Waals surface area (Å²) in [4.78, 5) is 12.8. The summed E-state index contributed by atoms with van der Waals surface area (Å²) in [6.45, 7) is 1.80. The zero-order chi connectivity index (χ0) is 18.4. The molecule has 2 aromatic rings. The first-order valence-corrected chi connectivity index (χ1v) is 7.99. The maximum atomic E-state index is 13.0. The molecule has 0 bridgehead atoms. The number of methoxy groups -OCH3 is 1. The van der Waals surface area contributed by atoms with Crippen LogP contribution < -0.4 is 10.1 Å². The predicted octanol–water partition coefficient (Wildman–Crippen LogP) is 5.02. The van der Waals surface area contributed by atoms with Crippen LogP contribution in [0.1, 0.15) is 30.0 Å². The van der Waals surface area contributed by atoms with Crippen LogP contribution in [0, 0.1) is 0 Å². The molecule has 1 atom stereocenters. The molecule has 0 aromatic heterocycles. The van der Waals surface area contributed by atoms with Gasteiger partial charge in [-0.1, -0.05) is 24.6 Å². The van der Waals surface area contributed by atoms with E-state index in [1.807, 2.05) is 0 Å². The van der Waals surface area contributed by atoms with E-state index in [9.17, 15) is 18.0 Å². The van der Waals surface area contributed by atoms with E-state index in [4.69, 9.17) is 16.3 Å². The summed E-state index contributed by atoms with van der Waals surface area (Å²) in [6.07, 6.45) is -4.14. The molecular weight excluding hydrogens is 355 g/mol. The molecule has 1 aliphatic heterocycles. The minimum Gasteiger partial charge on any atom is -0.496 e. The lowest BCUT2D eigenvalue weighted by atomic mass is 9.73. The monoisotopic (exact) mass is 369 g/mol. The first-order chi connectivity index (χ1) is 11.7. The van der Waals surface area contributed by atoms with Gasteiger partial charge in [-0.2, -0.15) is 13.2 Å². The number of carbonyl (C=O) groups is 1. The molecule has 1 aliphatic rings. The fourth-order valence-electron chi connectivity index (χ4n) is 3.37. The molecule has 3 rings (SSSR count). The van der Waals surface area contributed by atoms with Crippen LogP contribution in [0.4, 0.5) is 18.9 Å². The topological polar surface area (TPSA) is 38.3 Å². The quantitative estimate of drug-likeness (QED) is 0.825. The standard InChI is InChI=1S/C18H15ClF3NO2/c1-3-17(13-9-11(19)5-7-15(13)25-2)12-6-4-10(18(20,21)22)8-14(12)23-16(17)24/h4-9H,3H2,1-2H3,(H,23,24)/t17-/m0/s1. The fraction of sp³-hybridized carbons (Fsp3) is 0.278. The third kappa shape index (κ3) is 2.65. The molecule has 25 heavy (non-hydrogen) atoms. The SMILES string of the molecule is CC[C@]1(c2cc(Cl)ccc2OC)C(=O)Nc2cc(C(F)(F)F)ccc21. The van der Waals surface area contributed by atoms with Crippen LogP contribution in [-0.4, -0.2) is 13.0 Å². The molecule has 1 heterocycles. The van der Waals surface area contributed by atoms with Crippen LogP contribution >= 0.6 is 11.6 Å². The smallest absolute Gasteiger partial charge is 0.416 e. The van der Waals surface area contributed by atoms with Crippen LogP contribution in [0.3, 0.4) is 0 Å². The van der Waals surface area contributed by atoms with Crippen LogP contribution in [0.15, 0.2) is 36.4 Å². The summed E-state index contributed by atoms with van der Waals surface area (Å²) in [7, 11) is 1.47. The molecule has 0 radical (unpaired) electrons. The highest BCUT2D eigenvalue weighted by Gasteiger charge is 2.49. The van der Waals surface area contributed by atoms with Crippen molar-refractivity contribution in [3.05, 3.63) is 58.1 Å². The molecule has 132 valence electrons. The van der Waals surface area contributed by atoms with E-state index in [1.165, 1.54) is 13.2 Å². The van der Waals surface area contributed by atoms with Crippen molar-refractivity contribution in [2.45, 2.75) is 24.9 Å². The van der Waals surface area contributed by atoms with E-state index in [0.717, 1.165) is 12.1 Å². The number of fused-ring (bicyclic) bond motifs is 1. The molecule has 0 unspecified atom stereocenters. The van der Waals surface area contributed by atoms with Gasteiger partial charge in [-0.3, -0.25) is 4.79 Å². The zero-order valence-electron chi connectivity index (χ0n) is 13.5. The van der Waals surface area contributed by atoms with Crippen molar-refractivity contribution in [3.8, 4) is 5.75 Å². The highest BCUT2D eigenvalue weighted by molar-refractivity contribution is 6.30. The summed E-state index contributed by atoms with van der Waals surface area (Å²) in [5.74, 6) is 0.0547. The minimum absolute atomic E-state index is 0.156. The van der Waals surface area contributed by atoms with Crippen LogP contribution in [0.2, 0.25) is 5.02 Å². The van der Waals surface area contributed by atoms with Gasteiger partial charge < -0.3 is 10.1 Å². The maximum Gasteiger partial charge on any atom is 0.416 e. The third-order valence-electron chi connectivity index (χ3n) is 4.59. The zero-order valence-corrected chi connectivity index (χ0v) is 14.3. The van der Waals surface area contributed by atoms with Gasteiger partial charge in [-0.05, 0) is 42.3 Å². The van der Waals surface area contributed by atoms with Crippen molar-refractivity contribution in [1.29, 1.82) is 0 Å². The van der Waals surface area contributed by atoms with Gasteiger partial charge in [0, 0.05) is 16.3 Å². The Morgan fingerprint density at radius 3 is 2.48 bits per heavy atom. The van der Waals surface area contributed by atoms with Crippen molar-refractivity contribution in [3.63, 3.8) is 0 Å². The number of anilines is 1. The third-order valence-corrected chi connectivity index (χ3v) is 4.83. The number of halogens is 4. The molecule has 0 saturated heterocycles. The predicted molar refractivity (Wildman–Crippen MR) is 89.1 cm³/mol. The fourth-order valence-corrected chi connectivity index (χ4v) is 3.54. The van der Waals surface area contributed by atoms with Crippen molar-refractivity contribution in [1.82, 2.24) is 0 Å². The van der Waals surface area contributed by atoms with Gasteiger partial charge in [0.2, 0.25) is 5.91 Å². The summed E-state index contributed by atoms with van der Waals surface area (Å²) < 4.78 is 44.3. The van der Waals surface area contributed by atoms with E-state index >= 15 is 0 Å². The van der Waals surface area contributed by atoms with Gasteiger partial charge in [-0.25, -0.2) is 0 Å². The van der Waals surface area contributed by atoms with Gasteiger partial charge in [0.1, 0.15) is 11.2 Å². The van der Waals surface area contributed by atoms with Gasteiger partial charge in [0.25, 0.3) is 0 Å². The average Bonchev–Trinajstić information content (AvgIpc) is 2.85. The van der Waals surface area contributed by atoms with Crippen molar-refractivity contribution >= 4 is 23.2 Å². The number of nitrogens with one attached hydrogen (secondary N) is 1. The van der Waals surface area contributed by atoms with E-state index in [-0.39, 0.29) is 5.69 Å². The Morgan fingerprint density at radius 2 is 1.88 bits per heavy atom. The number of rotatable bonds is 3. The number of amides is 1. The summed E-state index contributed by atoms with van der Waals surface area (Å²) in [5, 5.41) is 3.00. The molecule has 0 spiro atoms. The Hall–Kier alpha value is -2.21. The van der Waals surface area contributed by atoms with Crippen LogP contribution in [0.25, 0.3) is 0 Å². The van der Waals surface area contributed by atoms with Crippen LogP contribution in [-0.2, 0) is 16.4 Å². The Kier molecular flexibility index (Phi) is 4.19. The summed E-state index contributed by atoms with van der Waals surface area (Å²) in [6, 6.07) is 8.19. The van der Waals surface area contributed by atoms with E-state index < -0.39 is 23.1 Å². The van der Waals surface area contributed by atoms with Crippen molar-refractivity contribution in [2.24, 2.45) is 0 Å². The second kappa shape index (κ2) is 5.95. The second-order valence-electron chi connectivity index (χ2n) is 5.82. The average molecular weight is 370 g/mol. The number of benzene rings is 2. The van der Waals surface area contributed by atoms with Crippen molar-refractivity contribution in [2.75, 3.05) is 12.4 Å². The van der Waals surface area contributed by atoms with Crippen molar-refractivity contribution < 1.29 is 22.7 Å². The van der Waals surface area contributed by atoms with E-state index in [0.29, 0.717) is 28.3 Å². The first-order valence-electron chi connectivity index (χ1n) is 7.61. The Morgan fingerprint density at radius 1 is 1.16 bits per heavy atom. The number of ether oxygens (including phenoxy) is 1. The molecule has 0 aliphatic carbocycles. The Bertz CT molecular complexity index is 851. The molecular formula is C18H15ClF3NO2. The van der Waals surface area contributed by atoms with Gasteiger partial charge in [-0.15, -0.1) is 0 Å². The lowest BCUT2D eigenvalue weighted by Crippen LogP contribution is -2.35. The number of carbonyl (C=O) groups excluding carboxylic acids is 1. The lowest BCUT2D eigenvalue weighted by molar-refractivity contribution is -0.137. The highest BCUT2D eigenvalue weighted by atomic mass is 35.5. The van der Waals surface area contributed by atoms with Crippen LogP contribution in [0.5, 0.6) is 5.75 Å². The molecule has 3 nitrogen and oxygen atoms in total. The lowest BCUT2D eigenvalue weighted by Gasteiger charge is -2.28. The van der Waals surface area contributed by atoms with Gasteiger partial charge >= 0.3 is 6.18 Å². The maximum absolute atomic E-state index is 13.0. The first kappa shape index (κ1) is 17.6. The molecule has 0 fully saturated rings. The number of hydrogen-bond acceptors (Lipinski definition) is 2.